The summed E-state index contributed by atoms with van der Waals surface area (Å²) in [4.78, 5) is 12.7. The Balaban J connectivity index is 2.06. The molecule has 0 amide bonds. The molecular formula is C20H20O3Si. The number of ether oxygens (including phenoxy) is 1. The molecule has 0 N–H and O–H groups in total. The van der Waals surface area contributed by atoms with Crippen LogP contribution in [-0.4, -0.2) is 14.3 Å². The molecule has 0 aromatic heterocycles. The Morgan fingerprint density at radius 2 is 1.50 bits per heavy atom. The molecule has 0 aliphatic heterocycles. The zero-order chi connectivity index (χ0) is 17.2. The largest absolute Gasteiger partial charge is 0.543 e. The summed E-state index contributed by atoms with van der Waals surface area (Å²) in [6.45, 7) is 6.29. The first-order valence-electron chi connectivity index (χ1n) is 7.92. The van der Waals surface area contributed by atoms with Crippen molar-refractivity contribution >= 4 is 25.1 Å². The first-order valence-corrected chi connectivity index (χ1v) is 11.3. The van der Waals surface area contributed by atoms with E-state index in [0.29, 0.717) is 17.1 Å². The third-order valence-corrected chi connectivity index (χ3v) is 4.28. The van der Waals surface area contributed by atoms with Gasteiger partial charge in [-0.2, -0.15) is 0 Å². The molecule has 0 atom stereocenters. The average molecular weight is 336 g/mol. The molecule has 0 bridgehead atoms. The van der Waals surface area contributed by atoms with Crippen molar-refractivity contribution in [3.63, 3.8) is 0 Å². The number of esters is 1. The van der Waals surface area contributed by atoms with Gasteiger partial charge in [-0.05, 0) is 43.2 Å². The fourth-order valence-corrected chi connectivity index (χ4v) is 3.30. The van der Waals surface area contributed by atoms with Crippen molar-refractivity contribution in [1.82, 2.24) is 0 Å². The summed E-state index contributed by atoms with van der Waals surface area (Å²) in [6.07, 6.45) is 0. The number of carbonyl (C=O) groups is 1. The molecule has 3 nitrogen and oxygen atoms in total. The molecule has 0 heterocycles. The van der Waals surface area contributed by atoms with Crippen LogP contribution in [0.25, 0.3) is 10.8 Å². The van der Waals surface area contributed by atoms with Gasteiger partial charge in [0, 0.05) is 5.39 Å². The van der Waals surface area contributed by atoms with Crippen LogP contribution in [0.2, 0.25) is 19.6 Å². The Morgan fingerprint density at radius 1 is 0.833 bits per heavy atom. The fourth-order valence-electron chi connectivity index (χ4n) is 2.47. The zero-order valence-electron chi connectivity index (χ0n) is 14.1. The number of fused-ring (bicyclic) bond motifs is 1. The molecule has 24 heavy (non-hydrogen) atoms. The average Bonchev–Trinajstić information content (AvgIpc) is 2.54. The van der Waals surface area contributed by atoms with Crippen LogP contribution < -0.4 is 9.16 Å². The topological polar surface area (TPSA) is 35.5 Å². The van der Waals surface area contributed by atoms with Crippen LogP contribution >= 0.6 is 0 Å². The smallest absolute Gasteiger partial charge is 0.347 e. The van der Waals surface area contributed by atoms with Gasteiger partial charge in [-0.25, -0.2) is 4.79 Å². The Hall–Kier alpha value is -2.59. The van der Waals surface area contributed by atoms with E-state index in [4.69, 9.17) is 9.16 Å². The van der Waals surface area contributed by atoms with Crippen LogP contribution in [0.4, 0.5) is 0 Å². The van der Waals surface area contributed by atoms with Crippen molar-refractivity contribution in [2.75, 3.05) is 0 Å². The number of carbonyl (C=O) groups excluding carboxylic acids is 1. The second kappa shape index (κ2) is 6.49. The summed E-state index contributed by atoms with van der Waals surface area (Å²) >= 11 is 0. The third kappa shape index (κ3) is 3.66. The van der Waals surface area contributed by atoms with Crippen LogP contribution in [0, 0.1) is 0 Å². The second-order valence-electron chi connectivity index (χ2n) is 6.58. The monoisotopic (exact) mass is 336 g/mol. The van der Waals surface area contributed by atoms with Crippen molar-refractivity contribution in [2.45, 2.75) is 19.6 Å². The van der Waals surface area contributed by atoms with E-state index in [0.717, 1.165) is 10.8 Å². The maximum atomic E-state index is 12.7. The van der Waals surface area contributed by atoms with E-state index < -0.39 is 14.3 Å². The summed E-state index contributed by atoms with van der Waals surface area (Å²) in [7, 11) is -1.89. The highest BCUT2D eigenvalue weighted by molar-refractivity contribution is 6.70. The van der Waals surface area contributed by atoms with Gasteiger partial charge in [-0.15, -0.1) is 0 Å². The van der Waals surface area contributed by atoms with Crippen LogP contribution in [-0.2, 0) is 0 Å². The molecular weight excluding hydrogens is 316 g/mol. The number of benzene rings is 3. The van der Waals surface area contributed by atoms with Gasteiger partial charge in [0.25, 0.3) is 0 Å². The lowest BCUT2D eigenvalue weighted by Gasteiger charge is -2.22. The van der Waals surface area contributed by atoms with Gasteiger partial charge in [0.15, 0.2) is 0 Å². The molecule has 0 spiro atoms. The van der Waals surface area contributed by atoms with E-state index in [1.807, 2.05) is 48.5 Å². The molecule has 0 fully saturated rings. The molecule has 3 aromatic rings. The Morgan fingerprint density at radius 3 is 2.21 bits per heavy atom. The van der Waals surface area contributed by atoms with Crippen LogP contribution in [0.3, 0.4) is 0 Å². The van der Waals surface area contributed by atoms with Crippen molar-refractivity contribution < 1.29 is 14.0 Å². The van der Waals surface area contributed by atoms with Gasteiger partial charge >= 0.3 is 5.97 Å². The highest BCUT2D eigenvalue weighted by atomic mass is 28.4. The molecule has 0 saturated heterocycles. The summed E-state index contributed by atoms with van der Waals surface area (Å²) in [5, 5.41) is 1.98. The van der Waals surface area contributed by atoms with E-state index in [1.165, 1.54) is 0 Å². The van der Waals surface area contributed by atoms with Crippen molar-refractivity contribution in [1.29, 1.82) is 0 Å². The standard InChI is InChI=1S/C20H20O3Si/c1-24(2,3)23-19-17-12-8-7-9-15(17)13-14-18(19)20(21)22-16-10-5-4-6-11-16/h4-14H,1-3H3. The first kappa shape index (κ1) is 16.3. The summed E-state index contributed by atoms with van der Waals surface area (Å²) in [6, 6.07) is 20.7. The normalized spacial score (nSPS) is 11.3. The molecule has 3 rings (SSSR count). The van der Waals surface area contributed by atoms with Gasteiger partial charge in [0.2, 0.25) is 8.32 Å². The van der Waals surface area contributed by atoms with Gasteiger partial charge in [-0.1, -0.05) is 48.5 Å². The van der Waals surface area contributed by atoms with E-state index in [1.54, 1.807) is 18.2 Å². The highest BCUT2D eigenvalue weighted by Crippen LogP contribution is 2.32. The minimum Gasteiger partial charge on any atom is -0.543 e. The minimum atomic E-state index is -1.89. The van der Waals surface area contributed by atoms with Crippen LogP contribution in [0.5, 0.6) is 11.5 Å². The minimum absolute atomic E-state index is 0.403. The van der Waals surface area contributed by atoms with Crippen LogP contribution in [0.1, 0.15) is 10.4 Å². The third-order valence-electron chi connectivity index (χ3n) is 3.46. The Bertz CT molecular complexity index is 867. The van der Waals surface area contributed by atoms with Gasteiger partial charge in [0.05, 0.1) is 0 Å². The predicted octanol–water partition coefficient (Wildman–Crippen LogP) is 5.27. The highest BCUT2D eigenvalue weighted by Gasteiger charge is 2.23. The molecule has 0 aliphatic carbocycles. The summed E-state index contributed by atoms with van der Waals surface area (Å²) in [5.41, 5.74) is 0.458. The molecule has 0 saturated carbocycles. The van der Waals surface area contributed by atoms with E-state index in [-0.39, 0.29) is 0 Å². The van der Waals surface area contributed by atoms with E-state index in [9.17, 15) is 4.79 Å². The van der Waals surface area contributed by atoms with Gasteiger partial charge in [-0.3, -0.25) is 0 Å². The fraction of sp³-hybridized carbons (Fsp3) is 0.150. The van der Waals surface area contributed by atoms with Crippen molar-refractivity contribution in [2.24, 2.45) is 0 Å². The second-order valence-corrected chi connectivity index (χ2v) is 11.0. The van der Waals surface area contributed by atoms with Gasteiger partial charge < -0.3 is 9.16 Å². The lowest BCUT2D eigenvalue weighted by molar-refractivity contribution is 0.0733. The van der Waals surface area contributed by atoms with Crippen molar-refractivity contribution in [3.8, 4) is 11.5 Å². The van der Waals surface area contributed by atoms with Gasteiger partial charge in [0.1, 0.15) is 17.1 Å². The maximum absolute atomic E-state index is 12.7. The molecule has 4 heteroatoms. The lowest BCUT2D eigenvalue weighted by Crippen LogP contribution is -2.30. The van der Waals surface area contributed by atoms with E-state index >= 15 is 0 Å². The number of hydrogen-bond acceptors (Lipinski definition) is 3. The van der Waals surface area contributed by atoms with E-state index in [2.05, 4.69) is 19.6 Å². The zero-order valence-corrected chi connectivity index (χ0v) is 15.1. The molecule has 0 radical (unpaired) electrons. The maximum Gasteiger partial charge on any atom is 0.347 e. The predicted molar refractivity (Wildman–Crippen MR) is 99.3 cm³/mol. The summed E-state index contributed by atoms with van der Waals surface area (Å²) < 4.78 is 11.7. The first-order chi connectivity index (χ1) is 11.4. The molecule has 3 aromatic carbocycles. The summed E-state index contributed by atoms with van der Waals surface area (Å²) in [5.74, 6) is 0.739. The lowest BCUT2D eigenvalue weighted by atomic mass is 10.1. The SMILES string of the molecule is C[Si](C)(C)Oc1c(C(=O)Oc2ccccc2)ccc2ccccc12. The number of hydrogen-bond donors (Lipinski definition) is 0. The molecule has 0 unspecified atom stereocenters. The number of rotatable bonds is 4. The Labute approximate surface area is 143 Å². The molecule has 0 aliphatic rings. The van der Waals surface area contributed by atoms with Crippen molar-refractivity contribution in [3.05, 3.63) is 72.3 Å². The quantitative estimate of drug-likeness (QED) is 0.370. The number of para-hydroxylation sites is 1. The Kier molecular flexibility index (Phi) is 4.40. The van der Waals surface area contributed by atoms with Crippen LogP contribution in [0.15, 0.2) is 66.7 Å². The molecule has 122 valence electrons.